The van der Waals surface area contributed by atoms with Gasteiger partial charge in [0.05, 0.1) is 11.4 Å². The predicted octanol–water partition coefficient (Wildman–Crippen LogP) is 6.68. The van der Waals surface area contributed by atoms with Gasteiger partial charge in [-0.1, -0.05) is 86.6 Å². The maximum absolute atomic E-state index is 13.8. The van der Waals surface area contributed by atoms with Crippen LogP contribution < -0.4 is 0 Å². The largest absolute Gasteiger partial charge is 0.339 e. The molecule has 44 heavy (non-hydrogen) atoms. The van der Waals surface area contributed by atoms with Gasteiger partial charge in [-0.3, -0.25) is 14.5 Å². The smallest absolute Gasteiger partial charge is 0.254 e. The second-order valence-electron chi connectivity index (χ2n) is 12.5. The summed E-state index contributed by atoms with van der Waals surface area (Å²) in [5, 5.41) is 0. The summed E-state index contributed by atoms with van der Waals surface area (Å²) in [7, 11) is 0. The number of benzene rings is 3. The van der Waals surface area contributed by atoms with E-state index in [2.05, 4.69) is 30.9 Å². The molecule has 0 bridgehead atoms. The lowest BCUT2D eigenvalue weighted by Crippen LogP contribution is -2.54. The summed E-state index contributed by atoms with van der Waals surface area (Å²) < 4.78 is 0. The number of carbonyl (C=O) groups is 2. The maximum Gasteiger partial charge on any atom is 0.254 e. The van der Waals surface area contributed by atoms with Crippen molar-refractivity contribution in [2.45, 2.75) is 39.2 Å². The number of likely N-dealkylation sites (tertiary alicyclic amines) is 1. The maximum atomic E-state index is 13.8. The summed E-state index contributed by atoms with van der Waals surface area (Å²) in [4.78, 5) is 38.4. The molecule has 6 heteroatoms. The van der Waals surface area contributed by atoms with Gasteiger partial charge in [-0.2, -0.15) is 0 Å². The van der Waals surface area contributed by atoms with Crippen molar-refractivity contribution in [3.8, 4) is 22.5 Å². The van der Waals surface area contributed by atoms with Crippen molar-refractivity contribution in [2.75, 3.05) is 39.3 Å². The Morgan fingerprint density at radius 1 is 0.659 bits per heavy atom. The Balaban J connectivity index is 1.06. The minimum Gasteiger partial charge on any atom is -0.339 e. The first kappa shape index (κ1) is 29.8. The third-order valence-corrected chi connectivity index (χ3v) is 8.93. The number of rotatable bonds is 7. The van der Waals surface area contributed by atoms with E-state index >= 15 is 0 Å². The van der Waals surface area contributed by atoms with Crippen LogP contribution in [0.4, 0.5) is 0 Å². The molecule has 6 nitrogen and oxygen atoms in total. The zero-order valence-corrected chi connectivity index (χ0v) is 25.9. The van der Waals surface area contributed by atoms with Crippen molar-refractivity contribution in [2.24, 2.45) is 5.92 Å². The Labute approximate surface area is 261 Å². The summed E-state index contributed by atoms with van der Waals surface area (Å²) in [6.45, 7) is 9.08. The number of nitrogens with zero attached hydrogens (tertiary/aromatic N) is 4. The van der Waals surface area contributed by atoms with E-state index in [-0.39, 0.29) is 11.8 Å². The Bertz CT molecular complexity index is 1500. The zero-order chi connectivity index (χ0) is 30.5. The van der Waals surface area contributed by atoms with Gasteiger partial charge in [-0.05, 0) is 55.0 Å². The lowest BCUT2D eigenvalue weighted by molar-refractivity contribution is 0.0412. The number of aromatic nitrogens is 1. The van der Waals surface area contributed by atoms with Gasteiger partial charge in [-0.25, -0.2) is 4.98 Å². The number of piperazine rings is 1. The lowest BCUT2D eigenvalue weighted by atomic mass is 9.99. The fourth-order valence-corrected chi connectivity index (χ4v) is 6.51. The second kappa shape index (κ2) is 13.6. The van der Waals surface area contributed by atoms with Gasteiger partial charge in [0.2, 0.25) is 0 Å². The van der Waals surface area contributed by atoms with E-state index in [1.54, 1.807) is 0 Å². The molecule has 0 spiro atoms. The van der Waals surface area contributed by atoms with Crippen molar-refractivity contribution in [1.29, 1.82) is 0 Å². The highest BCUT2D eigenvalue weighted by atomic mass is 16.2. The fourth-order valence-electron chi connectivity index (χ4n) is 6.51. The molecule has 3 heterocycles. The zero-order valence-electron chi connectivity index (χ0n) is 25.9. The van der Waals surface area contributed by atoms with Crippen LogP contribution in [0, 0.1) is 5.92 Å². The standard InChI is InChI=1S/C38H42N4O2/c1-28(2)25-29-13-15-32(16-14-29)37(43)41-19-17-34(18-20-41)40-21-23-42(24-22-40)38(44)33-26-35(30-9-5-3-6-10-30)39-36(27-33)31-11-7-4-8-12-31/h3-16,26-28,34H,17-25H2,1-2H3. The average Bonchev–Trinajstić information content (AvgIpc) is 3.08. The molecule has 3 aromatic carbocycles. The molecule has 0 radical (unpaired) electrons. The van der Waals surface area contributed by atoms with E-state index in [0.717, 1.165) is 73.5 Å². The quantitative estimate of drug-likeness (QED) is 0.243. The number of amides is 2. The van der Waals surface area contributed by atoms with Crippen molar-refractivity contribution < 1.29 is 9.59 Å². The van der Waals surface area contributed by atoms with Gasteiger partial charge in [0.25, 0.3) is 11.8 Å². The molecular weight excluding hydrogens is 544 g/mol. The van der Waals surface area contributed by atoms with Gasteiger partial charge in [-0.15, -0.1) is 0 Å². The Kier molecular flexibility index (Phi) is 9.17. The van der Waals surface area contributed by atoms with Crippen LogP contribution in [0.3, 0.4) is 0 Å². The summed E-state index contributed by atoms with van der Waals surface area (Å²) in [5.74, 6) is 0.796. The molecule has 0 N–H and O–H groups in total. The summed E-state index contributed by atoms with van der Waals surface area (Å²) >= 11 is 0. The summed E-state index contributed by atoms with van der Waals surface area (Å²) in [5.41, 5.74) is 6.35. The Hall–Kier alpha value is -4.29. The number of pyridine rings is 1. The summed E-state index contributed by atoms with van der Waals surface area (Å²) in [6.07, 6.45) is 2.97. The first-order valence-electron chi connectivity index (χ1n) is 16.0. The van der Waals surface area contributed by atoms with Crippen LogP contribution in [0.5, 0.6) is 0 Å². The first-order chi connectivity index (χ1) is 21.4. The van der Waals surface area contributed by atoms with Crippen molar-refractivity contribution >= 4 is 11.8 Å². The molecule has 0 aliphatic carbocycles. The number of piperidine rings is 1. The molecule has 2 aliphatic rings. The van der Waals surface area contributed by atoms with Crippen LogP contribution in [-0.4, -0.2) is 76.8 Å². The van der Waals surface area contributed by atoms with Crippen LogP contribution in [-0.2, 0) is 6.42 Å². The average molecular weight is 587 g/mol. The van der Waals surface area contributed by atoms with Crippen LogP contribution in [0.25, 0.3) is 22.5 Å². The van der Waals surface area contributed by atoms with Gasteiger partial charge in [0, 0.05) is 67.6 Å². The van der Waals surface area contributed by atoms with Crippen LogP contribution in [0.15, 0.2) is 97.1 Å². The van der Waals surface area contributed by atoms with Gasteiger partial charge >= 0.3 is 0 Å². The molecule has 0 atom stereocenters. The van der Waals surface area contributed by atoms with Gasteiger partial charge < -0.3 is 9.80 Å². The highest BCUT2D eigenvalue weighted by Crippen LogP contribution is 2.27. The van der Waals surface area contributed by atoms with Crippen LogP contribution >= 0.6 is 0 Å². The Morgan fingerprint density at radius 2 is 1.16 bits per heavy atom. The molecule has 2 amide bonds. The highest BCUT2D eigenvalue weighted by Gasteiger charge is 2.31. The molecule has 4 aromatic rings. The van der Waals surface area contributed by atoms with E-state index in [4.69, 9.17) is 4.98 Å². The SMILES string of the molecule is CC(C)Cc1ccc(C(=O)N2CCC(N3CCN(C(=O)c4cc(-c5ccccc5)nc(-c5ccccc5)c4)CC3)CC2)cc1. The van der Waals surface area contributed by atoms with E-state index in [1.165, 1.54) is 5.56 Å². The molecule has 6 rings (SSSR count). The van der Waals surface area contributed by atoms with Gasteiger partial charge in [0.1, 0.15) is 0 Å². The predicted molar refractivity (Wildman–Crippen MR) is 176 cm³/mol. The third kappa shape index (κ3) is 6.92. The minimum absolute atomic E-state index is 0.0567. The van der Waals surface area contributed by atoms with E-state index in [1.807, 2.05) is 94.7 Å². The number of hydrogen-bond donors (Lipinski definition) is 0. The third-order valence-electron chi connectivity index (χ3n) is 8.93. The lowest BCUT2D eigenvalue weighted by Gasteiger charge is -2.42. The molecule has 226 valence electrons. The molecule has 1 aromatic heterocycles. The number of hydrogen-bond acceptors (Lipinski definition) is 4. The van der Waals surface area contributed by atoms with E-state index < -0.39 is 0 Å². The van der Waals surface area contributed by atoms with Crippen molar-refractivity contribution in [1.82, 2.24) is 19.7 Å². The van der Waals surface area contributed by atoms with Gasteiger partial charge in [0.15, 0.2) is 0 Å². The van der Waals surface area contributed by atoms with Crippen LogP contribution in [0.1, 0.15) is 53.0 Å². The Morgan fingerprint density at radius 3 is 1.68 bits per heavy atom. The molecule has 0 unspecified atom stereocenters. The topological polar surface area (TPSA) is 56.8 Å². The van der Waals surface area contributed by atoms with E-state index in [0.29, 0.717) is 30.6 Å². The van der Waals surface area contributed by atoms with Crippen molar-refractivity contribution in [3.05, 3.63) is 114 Å². The minimum atomic E-state index is 0.0567. The monoisotopic (exact) mass is 586 g/mol. The molecule has 2 saturated heterocycles. The molecule has 2 aliphatic heterocycles. The fraction of sp³-hybridized carbons (Fsp3) is 0.342. The second-order valence-corrected chi connectivity index (χ2v) is 12.5. The normalized spacial score (nSPS) is 16.3. The van der Waals surface area contributed by atoms with Crippen molar-refractivity contribution in [3.63, 3.8) is 0 Å². The number of carbonyl (C=O) groups excluding carboxylic acids is 2. The molecule has 0 saturated carbocycles. The molecule has 2 fully saturated rings. The van der Waals surface area contributed by atoms with E-state index in [9.17, 15) is 9.59 Å². The summed E-state index contributed by atoms with van der Waals surface area (Å²) in [6, 6.07) is 32.6. The first-order valence-corrected chi connectivity index (χ1v) is 16.0. The molecular formula is C38H42N4O2. The van der Waals surface area contributed by atoms with Crippen LogP contribution in [0.2, 0.25) is 0 Å². The highest BCUT2D eigenvalue weighted by molar-refractivity contribution is 5.96.